The molecule has 1 aliphatic carbocycles. The molecule has 94 valence electrons. The summed E-state index contributed by atoms with van der Waals surface area (Å²) in [5.41, 5.74) is 1.16. The average molecular weight is 236 g/mol. The van der Waals surface area contributed by atoms with Crippen LogP contribution in [0.1, 0.15) is 39.0 Å². The second-order valence-electron chi connectivity index (χ2n) is 4.80. The van der Waals surface area contributed by atoms with Crippen molar-refractivity contribution < 1.29 is 17.9 Å². The topological polar surface area (TPSA) is 9.23 Å². The van der Waals surface area contributed by atoms with Gasteiger partial charge in [0.2, 0.25) is 0 Å². The predicted molar refractivity (Wildman–Crippen MR) is 56.9 cm³/mol. The van der Waals surface area contributed by atoms with Crippen molar-refractivity contribution in [2.24, 2.45) is 11.8 Å². The van der Waals surface area contributed by atoms with Gasteiger partial charge in [0.25, 0.3) is 0 Å². The number of hydrogen-bond donors (Lipinski definition) is 0. The largest absolute Gasteiger partial charge is 0.522 e. The van der Waals surface area contributed by atoms with E-state index in [-0.39, 0.29) is 12.5 Å². The molecule has 0 saturated heterocycles. The maximum atomic E-state index is 11.8. The van der Waals surface area contributed by atoms with Crippen molar-refractivity contribution in [1.82, 2.24) is 0 Å². The van der Waals surface area contributed by atoms with E-state index >= 15 is 0 Å². The lowest BCUT2D eigenvalue weighted by Gasteiger charge is -2.28. The van der Waals surface area contributed by atoms with Crippen LogP contribution < -0.4 is 0 Å². The van der Waals surface area contributed by atoms with Crippen LogP contribution in [-0.4, -0.2) is 13.0 Å². The molecular weight excluding hydrogens is 217 g/mol. The standard InChI is InChI=1S/C12H19F3O/c1-9(2)7-10-3-5-11(6-4-10)8-16-12(13,14)15/h10-11H,1,3-8H2,2H3. The van der Waals surface area contributed by atoms with E-state index in [0.717, 1.165) is 37.7 Å². The summed E-state index contributed by atoms with van der Waals surface area (Å²) in [7, 11) is 0. The van der Waals surface area contributed by atoms with Gasteiger partial charge in [-0.3, -0.25) is 4.74 Å². The molecule has 1 saturated carbocycles. The molecule has 1 fully saturated rings. The number of halogens is 3. The molecule has 0 N–H and O–H groups in total. The van der Waals surface area contributed by atoms with E-state index in [2.05, 4.69) is 11.3 Å². The molecule has 0 aromatic carbocycles. The normalized spacial score (nSPS) is 26.8. The summed E-state index contributed by atoms with van der Waals surface area (Å²) in [5.74, 6) is 0.683. The lowest BCUT2D eigenvalue weighted by Crippen LogP contribution is -2.23. The van der Waals surface area contributed by atoms with Crippen molar-refractivity contribution in [3.63, 3.8) is 0 Å². The molecule has 0 atom stereocenters. The maximum absolute atomic E-state index is 11.8. The van der Waals surface area contributed by atoms with Crippen LogP contribution in [-0.2, 0) is 4.74 Å². The third kappa shape index (κ3) is 5.54. The summed E-state index contributed by atoms with van der Waals surface area (Å²) in [6, 6.07) is 0. The van der Waals surface area contributed by atoms with Gasteiger partial charge in [-0.2, -0.15) is 0 Å². The van der Waals surface area contributed by atoms with E-state index in [0.29, 0.717) is 5.92 Å². The van der Waals surface area contributed by atoms with Crippen LogP contribution >= 0.6 is 0 Å². The highest BCUT2D eigenvalue weighted by molar-refractivity contribution is 4.91. The first-order valence-electron chi connectivity index (χ1n) is 5.72. The molecule has 0 unspecified atom stereocenters. The molecule has 1 aliphatic rings. The zero-order valence-corrected chi connectivity index (χ0v) is 9.65. The van der Waals surface area contributed by atoms with Crippen molar-refractivity contribution in [3.05, 3.63) is 12.2 Å². The minimum atomic E-state index is -4.48. The van der Waals surface area contributed by atoms with Gasteiger partial charge in [0, 0.05) is 0 Å². The molecule has 0 aromatic heterocycles. The summed E-state index contributed by atoms with van der Waals surface area (Å²) >= 11 is 0. The minimum Gasteiger partial charge on any atom is -0.292 e. The zero-order valence-electron chi connectivity index (χ0n) is 9.65. The lowest BCUT2D eigenvalue weighted by atomic mass is 9.80. The van der Waals surface area contributed by atoms with E-state index in [1.54, 1.807) is 0 Å². The molecule has 16 heavy (non-hydrogen) atoms. The molecular formula is C12H19F3O. The molecule has 0 bridgehead atoms. The quantitative estimate of drug-likeness (QED) is 0.661. The van der Waals surface area contributed by atoms with Gasteiger partial charge in [-0.15, -0.1) is 19.8 Å². The molecule has 1 rings (SSSR count). The van der Waals surface area contributed by atoms with Gasteiger partial charge in [0.1, 0.15) is 0 Å². The fraction of sp³-hybridized carbons (Fsp3) is 0.833. The first-order chi connectivity index (χ1) is 7.37. The highest BCUT2D eigenvalue weighted by Gasteiger charge is 2.31. The molecule has 1 nitrogen and oxygen atoms in total. The van der Waals surface area contributed by atoms with Gasteiger partial charge >= 0.3 is 6.36 Å². The van der Waals surface area contributed by atoms with E-state index in [4.69, 9.17) is 0 Å². The smallest absolute Gasteiger partial charge is 0.292 e. The minimum absolute atomic E-state index is 0.0722. The Morgan fingerprint density at radius 2 is 1.69 bits per heavy atom. The van der Waals surface area contributed by atoms with Crippen LogP contribution in [0.4, 0.5) is 13.2 Å². The Labute approximate surface area is 94.7 Å². The molecule has 0 aliphatic heterocycles. The number of allylic oxidation sites excluding steroid dienone is 1. The number of alkyl halides is 3. The Hall–Kier alpha value is -0.510. The zero-order chi connectivity index (χ0) is 12.2. The third-order valence-corrected chi connectivity index (χ3v) is 3.09. The predicted octanol–water partition coefficient (Wildman–Crippen LogP) is 4.30. The maximum Gasteiger partial charge on any atom is 0.522 e. The molecule has 0 spiro atoms. The summed E-state index contributed by atoms with van der Waals surface area (Å²) in [5, 5.41) is 0. The van der Waals surface area contributed by atoms with Gasteiger partial charge in [0.05, 0.1) is 6.61 Å². The van der Waals surface area contributed by atoms with Crippen molar-refractivity contribution >= 4 is 0 Å². The average Bonchev–Trinajstić information content (AvgIpc) is 2.14. The summed E-state index contributed by atoms with van der Waals surface area (Å²) < 4.78 is 39.3. The molecule has 0 aromatic rings. The van der Waals surface area contributed by atoms with Gasteiger partial charge < -0.3 is 0 Å². The lowest BCUT2D eigenvalue weighted by molar-refractivity contribution is -0.329. The first kappa shape index (κ1) is 13.6. The van der Waals surface area contributed by atoms with Gasteiger partial charge in [0.15, 0.2) is 0 Å². The second-order valence-corrected chi connectivity index (χ2v) is 4.80. The van der Waals surface area contributed by atoms with E-state index in [1.807, 2.05) is 6.92 Å². The molecule has 4 heteroatoms. The Kier molecular flexibility index (Phi) is 4.84. The Bertz CT molecular complexity index is 227. The number of rotatable bonds is 4. The van der Waals surface area contributed by atoms with Crippen molar-refractivity contribution in [1.29, 1.82) is 0 Å². The summed E-state index contributed by atoms with van der Waals surface area (Å²) in [6.45, 7) is 5.68. The molecule has 0 radical (unpaired) electrons. The molecule has 0 amide bonds. The van der Waals surface area contributed by atoms with Gasteiger partial charge in [-0.05, 0) is 50.9 Å². The SMILES string of the molecule is C=C(C)CC1CCC(COC(F)(F)F)CC1. The van der Waals surface area contributed by atoms with Gasteiger partial charge in [-0.25, -0.2) is 0 Å². The van der Waals surface area contributed by atoms with Gasteiger partial charge in [-0.1, -0.05) is 5.57 Å². The fourth-order valence-corrected chi connectivity index (χ4v) is 2.31. The van der Waals surface area contributed by atoms with Crippen LogP contribution in [0.5, 0.6) is 0 Å². The van der Waals surface area contributed by atoms with Crippen molar-refractivity contribution in [2.75, 3.05) is 6.61 Å². The Balaban J connectivity index is 2.19. The van der Waals surface area contributed by atoms with E-state index in [1.165, 1.54) is 0 Å². The highest BCUT2D eigenvalue weighted by atomic mass is 19.4. The third-order valence-electron chi connectivity index (χ3n) is 3.09. The number of ether oxygens (including phenoxy) is 1. The van der Waals surface area contributed by atoms with Crippen LogP contribution in [0.25, 0.3) is 0 Å². The molecule has 0 heterocycles. The Morgan fingerprint density at radius 3 is 2.12 bits per heavy atom. The van der Waals surface area contributed by atoms with E-state index in [9.17, 15) is 13.2 Å². The van der Waals surface area contributed by atoms with Crippen LogP contribution in [0.3, 0.4) is 0 Å². The Morgan fingerprint density at radius 1 is 1.19 bits per heavy atom. The monoisotopic (exact) mass is 236 g/mol. The number of hydrogen-bond acceptors (Lipinski definition) is 1. The van der Waals surface area contributed by atoms with Crippen molar-refractivity contribution in [3.8, 4) is 0 Å². The van der Waals surface area contributed by atoms with Crippen LogP contribution in [0.15, 0.2) is 12.2 Å². The first-order valence-corrected chi connectivity index (χ1v) is 5.72. The van der Waals surface area contributed by atoms with E-state index < -0.39 is 6.36 Å². The summed E-state index contributed by atoms with van der Waals surface area (Å²) in [6.07, 6.45) is 0.209. The second kappa shape index (κ2) is 5.71. The van der Waals surface area contributed by atoms with Crippen LogP contribution in [0, 0.1) is 11.8 Å². The highest BCUT2D eigenvalue weighted by Crippen LogP contribution is 2.33. The fourth-order valence-electron chi connectivity index (χ4n) is 2.31. The summed E-state index contributed by atoms with van der Waals surface area (Å²) in [4.78, 5) is 0. The van der Waals surface area contributed by atoms with Crippen LogP contribution in [0.2, 0.25) is 0 Å². The van der Waals surface area contributed by atoms with Crippen molar-refractivity contribution in [2.45, 2.75) is 45.4 Å².